The zero-order chi connectivity index (χ0) is 14.3. The lowest BCUT2D eigenvalue weighted by Crippen LogP contribution is -1.87. The summed E-state index contributed by atoms with van der Waals surface area (Å²) in [5.74, 6) is 0. The maximum atomic E-state index is 9.55. The SMILES string of the molecule is Cc1ccc(C)c(-c2[nH]c3ccc(C)cc3c2C#N)c1. The van der Waals surface area contributed by atoms with E-state index >= 15 is 0 Å². The number of benzene rings is 2. The Kier molecular flexibility index (Phi) is 2.84. The first-order valence-electron chi connectivity index (χ1n) is 6.70. The normalized spacial score (nSPS) is 10.7. The molecule has 0 saturated heterocycles. The maximum absolute atomic E-state index is 9.55. The van der Waals surface area contributed by atoms with Crippen molar-refractivity contribution in [2.24, 2.45) is 0 Å². The van der Waals surface area contributed by atoms with Crippen LogP contribution in [0.5, 0.6) is 0 Å². The van der Waals surface area contributed by atoms with Gasteiger partial charge in [-0.1, -0.05) is 29.3 Å². The average Bonchev–Trinajstić information content (AvgIpc) is 2.79. The fourth-order valence-electron chi connectivity index (χ4n) is 2.63. The lowest BCUT2D eigenvalue weighted by atomic mass is 9.99. The van der Waals surface area contributed by atoms with Gasteiger partial charge in [-0.2, -0.15) is 5.26 Å². The summed E-state index contributed by atoms with van der Waals surface area (Å²) < 4.78 is 0. The zero-order valence-corrected chi connectivity index (χ0v) is 11.9. The molecule has 0 bridgehead atoms. The van der Waals surface area contributed by atoms with Gasteiger partial charge >= 0.3 is 0 Å². The summed E-state index contributed by atoms with van der Waals surface area (Å²) in [6.07, 6.45) is 0. The molecule has 98 valence electrons. The van der Waals surface area contributed by atoms with Gasteiger partial charge in [-0.3, -0.25) is 0 Å². The van der Waals surface area contributed by atoms with Crippen LogP contribution in [0, 0.1) is 32.1 Å². The van der Waals surface area contributed by atoms with E-state index in [4.69, 9.17) is 0 Å². The van der Waals surface area contributed by atoms with Gasteiger partial charge in [0.1, 0.15) is 6.07 Å². The number of nitriles is 1. The predicted octanol–water partition coefficient (Wildman–Crippen LogP) is 4.63. The third kappa shape index (κ3) is 1.88. The molecule has 2 aromatic carbocycles. The van der Waals surface area contributed by atoms with E-state index in [0.717, 1.165) is 27.7 Å². The van der Waals surface area contributed by atoms with Crippen LogP contribution in [0.2, 0.25) is 0 Å². The van der Waals surface area contributed by atoms with Crippen molar-refractivity contribution in [2.75, 3.05) is 0 Å². The number of hydrogen-bond donors (Lipinski definition) is 1. The largest absolute Gasteiger partial charge is 0.353 e. The summed E-state index contributed by atoms with van der Waals surface area (Å²) in [6, 6.07) is 14.9. The van der Waals surface area contributed by atoms with Crippen molar-refractivity contribution in [1.29, 1.82) is 5.26 Å². The summed E-state index contributed by atoms with van der Waals surface area (Å²) in [5.41, 5.74) is 7.32. The van der Waals surface area contributed by atoms with Crippen LogP contribution in [0.3, 0.4) is 0 Å². The summed E-state index contributed by atoms with van der Waals surface area (Å²) in [6.45, 7) is 6.19. The zero-order valence-electron chi connectivity index (χ0n) is 11.9. The number of aromatic amines is 1. The van der Waals surface area contributed by atoms with Gasteiger partial charge in [-0.05, 0) is 44.5 Å². The van der Waals surface area contributed by atoms with Crippen LogP contribution in [0.1, 0.15) is 22.3 Å². The predicted molar refractivity (Wildman–Crippen MR) is 82.7 cm³/mol. The molecule has 0 unspecified atom stereocenters. The molecule has 2 nitrogen and oxygen atoms in total. The van der Waals surface area contributed by atoms with Gasteiger partial charge in [0.2, 0.25) is 0 Å². The smallest absolute Gasteiger partial charge is 0.102 e. The molecule has 0 radical (unpaired) electrons. The van der Waals surface area contributed by atoms with Gasteiger partial charge in [0, 0.05) is 16.5 Å². The molecule has 0 fully saturated rings. The summed E-state index contributed by atoms with van der Waals surface area (Å²) in [7, 11) is 0. The molecule has 20 heavy (non-hydrogen) atoms. The lowest BCUT2D eigenvalue weighted by Gasteiger charge is -2.05. The second-order valence-corrected chi connectivity index (χ2v) is 5.35. The molecule has 0 saturated carbocycles. The minimum Gasteiger partial charge on any atom is -0.353 e. The average molecular weight is 260 g/mol. The van der Waals surface area contributed by atoms with E-state index in [2.05, 4.69) is 55.2 Å². The Morgan fingerprint density at radius 1 is 0.950 bits per heavy atom. The molecule has 3 rings (SSSR count). The van der Waals surface area contributed by atoms with Crippen LogP contribution in [0.4, 0.5) is 0 Å². The quantitative estimate of drug-likeness (QED) is 0.680. The molecule has 0 aliphatic rings. The second kappa shape index (κ2) is 4.54. The molecule has 0 spiro atoms. The van der Waals surface area contributed by atoms with E-state index in [1.54, 1.807) is 0 Å². The maximum Gasteiger partial charge on any atom is 0.102 e. The van der Waals surface area contributed by atoms with Crippen molar-refractivity contribution >= 4 is 10.9 Å². The summed E-state index contributed by atoms with van der Waals surface area (Å²) in [5, 5.41) is 10.6. The van der Waals surface area contributed by atoms with Crippen LogP contribution in [0.25, 0.3) is 22.2 Å². The number of H-pyrrole nitrogens is 1. The van der Waals surface area contributed by atoms with Crippen molar-refractivity contribution in [1.82, 2.24) is 4.98 Å². The van der Waals surface area contributed by atoms with Crippen molar-refractivity contribution in [3.63, 3.8) is 0 Å². The van der Waals surface area contributed by atoms with Gasteiger partial charge in [0.05, 0.1) is 11.3 Å². The molecule has 0 amide bonds. The van der Waals surface area contributed by atoms with E-state index in [9.17, 15) is 5.26 Å². The van der Waals surface area contributed by atoms with Crippen LogP contribution in [-0.2, 0) is 0 Å². The number of nitrogens with one attached hydrogen (secondary N) is 1. The Morgan fingerprint density at radius 3 is 2.40 bits per heavy atom. The molecular weight excluding hydrogens is 244 g/mol. The lowest BCUT2D eigenvalue weighted by molar-refractivity contribution is 1.35. The summed E-state index contributed by atoms with van der Waals surface area (Å²) >= 11 is 0. The van der Waals surface area contributed by atoms with Crippen LogP contribution in [0.15, 0.2) is 36.4 Å². The fraction of sp³-hybridized carbons (Fsp3) is 0.167. The number of fused-ring (bicyclic) bond motifs is 1. The van der Waals surface area contributed by atoms with Crippen LogP contribution < -0.4 is 0 Å². The first kappa shape index (κ1) is 12.5. The highest BCUT2D eigenvalue weighted by molar-refractivity contribution is 5.94. The second-order valence-electron chi connectivity index (χ2n) is 5.35. The fourth-order valence-corrected chi connectivity index (χ4v) is 2.63. The Bertz CT molecular complexity index is 848. The molecule has 0 atom stereocenters. The Balaban J connectivity index is 2.37. The number of aromatic nitrogens is 1. The van der Waals surface area contributed by atoms with Crippen molar-refractivity contribution in [3.05, 3.63) is 58.7 Å². The first-order chi connectivity index (χ1) is 9.60. The van der Waals surface area contributed by atoms with Crippen molar-refractivity contribution < 1.29 is 0 Å². The van der Waals surface area contributed by atoms with Gasteiger partial charge < -0.3 is 4.98 Å². The molecule has 1 aromatic heterocycles. The first-order valence-corrected chi connectivity index (χ1v) is 6.70. The summed E-state index contributed by atoms with van der Waals surface area (Å²) in [4.78, 5) is 3.40. The van der Waals surface area contributed by atoms with E-state index in [1.807, 2.05) is 13.0 Å². The highest BCUT2D eigenvalue weighted by Gasteiger charge is 2.14. The monoisotopic (exact) mass is 260 g/mol. The molecule has 1 N–H and O–H groups in total. The highest BCUT2D eigenvalue weighted by atomic mass is 14.7. The third-order valence-corrected chi connectivity index (χ3v) is 3.73. The molecule has 1 heterocycles. The third-order valence-electron chi connectivity index (χ3n) is 3.73. The molecule has 3 aromatic rings. The molecular formula is C18H16N2. The number of nitrogens with zero attached hydrogens (tertiary/aromatic N) is 1. The van der Waals surface area contributed by atoms with Crippen molar-refractivity contribution in [3.8, 4) is 17.3 Å². The van der Waals surface area contributed by atoms with E-state index in [-0.39, 0.29) is 0 Å². The number of hydrogen-bond acceptors (Lipinski definition) is 1. The number of aryl methyl sites for hydroxylation is 3. The standard InChI is InChI=1S/C18H16N2/c1-11-4-6-13(3)14(8-11)18-16(10-19)15-9-12(2)5-7-17(15)20-18/h4-9,20H,1-3H3. The van der Waals surface area contributed by atoms with E-state index in [1.165, 1.54) is 16.7 Å². The Labute approximate surface area is 118 Å². The van der Waals surface area contributed by atoms with E-state index < -0.39 is 0 Å². The minimum atomic E-state index is 0.734. The van der Waals surface area contributed by atoms with Crippen molar-refractivity contribution in [2.45, 2.75) is 20.8 Å². The minimum absolute atomic E-state index is 0.734. The molecule has 0 aliphatic carbocycles. The van der Waals surface area contributed by atoms with Gasteiger partial charge in [0.15, 0.2) is 0 Å². The molecule has 0 aliphatic heterocycles. The van der Waals surface area contributed by atoms with Crippen LogP contribution in [-0.4, -0.2) is 4.98 Å². The van der Waals surface area contributed by atoms with Gasteiger partial charge in [0.25, 0.3) is 0 Å². The molecule has 2 heteroatoms. The Hall–Kier alpha value is -2.53. The highest BCUT2D eigenvalue weighted by Crippen LogP contribution is 2.32. The number of rotatable bonds is 1. The topological polar surface area (TPSA) is 39.6 Å². The van der Waals surface area contributed by atoms with Gasteiger partial charge in [-0.25, -0.2) is 0 Å². The van der Waals surface area contributed by atoms with Gasteiger partial charge in [-0.15, -0.1) is 0 Å². The van der Waals surface area contributed by atoms with E-state index in [0.29, 0.717) is 0 Å². The van der Waals surface area contributed by atoms with Crippen LogP contribution >= 0.6 is 0 Å². The Morgan fingerprint density at radius 2 is 1.65 bits per heavy atom.